The third-order valence-corrected chi connectivity index (χ3v) is 7.31. The van der Waals surface area contributed by atoms with Crippen LogP contribution in [0.3, 0.4) is 0 Å². The number of esters is 2. The van der Waals surface area contributed by atoms with E-state index in [1.807, 2.05) is 0 Å². The molecule has 1 amide bonds. The van der Waals surface area contributed by atoms with Crippen molar-refractivity contribution in [3.8, 4) is 22.6 Å². The average Bonchev–Trinajstić information content (AvgIpc) is 3.29. The summed E-state index contributed by atoms with van der Waals surface area (Å²) in [4.78, 5) is 37.3. The van der Waals surface area contributed by atoms with Crippen molar-refractivity contribution in [2.75, 3.05) is 24.7 Å². The topological polar surface area (TPSA) is 82.1 Å². The molecule has 4 aromatic carbocycles. The first kappa shape index (κ1) is 31.3. The van der Waals surface area contributed by atoms with Crippen LogP contribution in [0.5, 0.6) is 11.5 Å². The smallest absolute Gasteiger partial charge is 0.406 e. The number of amides is 1. The van der Waals surface area contributed by atoms with E-state index in [9.17, 15) is 27.6 Å². The molecule has 0 saturated carbocycles. The molecule has 1 heterocycles. The molecular formula is C35H30F3NO6. The Hall–Kier alpha value is -5.12. The van der Waals surface area contributed by atoms with E-state index in [0.717, 1.165) is 47.8 Å². The first-order chi connectivity index (χ1) is 21.6. The number of unbranched alkanes of at least 4 members (excludes halogenated alkanes) is 3. The second-order valence-electron chi connectivity index (χ2n) is 10.4. The Balaban J connectivity index is 1.16. The van der Waals surface area contributed by atoms with Gasteiger partial charge in [-0.15, -0.1) is 0 Å². The molecule has 0 saturated heterocycles. The van der Waals surface area contributed by atoms with Gasteiger partial charge in [-0.25, -0.2) is 9.59 Å². The fourth-order valence-electron chi connectivity index (χ4n) is 5.17. The van der Waals surface area contributed by atoms with Crippen molar-refractivity contribution < 1.29 is 41.8 Å². The standard InChI is InChI=1S/C35H30F3NO6/c1-2-31(40)44-21-6-4-3-5-20-43-25-14-12-24(13-15-25)34(42)45-26-16-10-23(11-17-26)27-18-19-30-32-28(27)8-7-9-29(32)33(41)39(30)22-35(36,37)38/h2,7-19H,1,3-6,20-22H2. The molecule has 1 aliphatic rings. The van der Waals surface area contributed by atoms with Gasteiger partial charge in [0.25, 0.3) is 5.91 Å². The van der Waals surface area contributed by atoms with Crippen LogP contribution in [-0.2, 0) is 9.53 Å². The number of ether oxygens (including phenoxy) is 3. The van der Waals surface area contributed by atoms with Crippen LogP contribution in [-0.4, -0.2) is 43.8 Å². The highest BCUT2D eigenvalue weighted by molar-refractivity contribution is 6.26. The van der Waals surface area contributed by atoms with Gasteiger partial charge in [0, 0.05) is 17.0 Å². The van der Waals surface area contributed by atoms with Crippen molar-refractivity contribution in [3.05, 3.63) is 103 Å². The summed E-state index contributed by atoms with van der Waals surface area (Å²) in [5.74, 6) is -0.686. The Morgan fingerprint density at radius 1 is 0.800 bits per heavy atom. The van der Waals surface area contributed by atoms with E-state index in [4.69, 9.17) is 14.2 Å². The zero-order valence-corrected chi connectivity index (χ0v) is 24.3. The van der Waals surface area contributed by atoms with Crippen LogP contribution in [0.2, 0.25) is 0 Å². The highest BCUT2D eigenvalue weighted by atomic mass is 19.4. The van der Waals surface area contributed by atoms with Gasteiger partial charge in [-0.05, 0) is 90.7 Å². The normalized spacial score (nSPS) is 12.3. The van der Waals surface area contributed by atoms with E-state index in [1.165, 1.54) is 12.1 Å². The number of carbonyl (C=O) groups excluding carboxylic acids is 3. The summed E-state index contributed by atoms with van der Waals surface area (Å²) >= 11 is 0. The fourth-order valence-corrected chi connectivity index (χ4v) is 5.17. The van der Waals surface area contributed by atoms with E-state index in [-0.39, 0.29) is 11.3 Å². The summed E-state index contributed by atoms with van der Waals surface area (Å²) in [5, 5.41) is 1.14. The maximum absolute atomic E-state index is 13.2. The van der Waals surface area contributed by atoms with Crippen molar-refractivity contribution in [3.63, 3.8) is 0 Å². The fraction of sp³-hybridized carbons (Fsp3) is 0.229. The van der Waals surface area contributed by atoms with Crippen LogP contribution in [0.25, 0.3) is 21.9 Å². The second-order valence-corrected chi connectivity index (χ2v) is 10.4. The Morgan fingerprint density at radius 3 is 2.18 bits per heavy atom. The van der Waals surface area contributed by atoms with Crippen LogP contribution in [0.1, 0.15) is 46.4 Å². The van der Waals surface area contributed by atoms with Gasteiger partial charge in [0.05, 0.1) is 24.5 Å². The largest absolute Gasteiger partial charge is 0.494 e. The third kappa shape index (κ3) is 7.52. The maximum atomic E-state index is 13.2. The zero-order chi connectivity index (χ0) is 32.0. The quantitative estimate of drug-likeness (QED) is 0.0656. The van der Waals surface area contributed by atoms with E-state index >= 15 is 0 Å². The summed E-state index contributed by atoms with van der Waals surface area (Å²) in [6.45, 7) is 2.89. The maximum Gasteiger partial charge on any atom is 0.406 e. The predicted octanol–water partition coefficient (Wildman–Crippen LogP) is 7.92. The second kappa shape index (κ2) is 13.7. The minimum Gasteiger partial charge on any atom is -0.494 e. The molecule has 0 aromatic heterocycles. The van der Waals surface area contributed by atoms with Gasteiger partial charge in [-0.3, -0.25) is 9.69 Å². The van der Waals surface area contributed by atoms with Crippen molar-refractivity contribution in [2.24, 2.45) is 0 Å². The van der Waals surface area contributed by atoms with E-state index in [0.29, 0.717) is 41.0 Å². The Morgan fingerprint density at radius 2 is 1.49 bits per heavy atom. The first-order valence-corrected chi connectivity index (χ1v) is 14.4. The molecule has 10 heteroatoms. The highest BCUT2D eigenvalue weighted by Crippen LogP contribution is 2.43. The lowest BCUT2D eigenvalue weighted by Gasteiger charge is -2.19. The molecule has 0 fully saturated rings. The van der Waals surface area contributed by atoms with E-state index in [1.54, 1.807) is 66.7 Å². The number of nitrogens with zero attached hydrogens (tertiary/aromatic N) is 1. The number of rotatable bonds is 13. The van der Waals surface area contributed by atoms with Gasteiger partial charge in [0.1, 0.15) is 18.0 Å². The van der Waals surface area contributed by atoms with Gasteiger partial charge in [-0.1, -0.05) is 36.9 Å². The van der Waals surface area contributed by atoms with Crippen LogP contribution >= 0.6 is 0 Å². The monoisotopic (exact) mass is 617 g/mol. The Labute approximate surface area is 257 Å². The van der Waals surface area contributed by atoms with Crippen LogP contribution in [0.4, 0.5) is 18.9 Å². The van der Waals surface area contributed by atoms with Gasteiger partial charge >= 0.3 is 18.1 Å². The minimum atomic E-state index is -4.53. The number of alkyl halides is 3. The average molecular weight is 618 g/mol. The molecule has 1 aliphatic heterocycles. The molecule has 0 unspecified atom stereocenters. The molecule has 4 aromatic rings. The summed E-state index contributed by atoms with van der Waals surface area (Å²) in [6.07, 6.45) is 0.0692. The number of anilines is 1. The zero-order valence-electron chi connectivity index (χ0n) is 24.3. The van der Waals surface area contributed by atoms with Gasteiger partial charge < -0.3 is 14.2 Å². The summed E-state index contributed by atoms with van der Waals surface area (Å²) in [5.41, 5.74) is 2.30. The van der Waals surface area contributed by atoms with Crippen molar-refractivity contribution in [2.45, 2.75) is 31.9 Å². The van der Waals surface area contributed by atoms with Gasteiger partial charge in [0.2, 0.25) is 0 Å². The van der Waals surface area contributed by atoms with E-state index < -0.39 is 30.6 Å². The molecule has 0 spiro atoms. The number of hydrogen-bond acceptors (Lipinski definition) is 6. The SMILES string of the molecule is C=CC(=O)OCCCCCCOc1ccc(C(=O)Oc2ccc(-c3ccc4c5c(cccc35)C(=O)N4CC(F)(F)F)cc2)cc1. The molecule has 0 bridgehead atoms. The van der Waals surface area contributed by atoms with Crippen molar-refractivity contribution >= 4 is 34.3 Å². The number of benzene rings is 4. The Kier molecular flexibility index (Phi) is 9.51. The van der Waals surface area contributed by atoms with Crippen LogP contribution < -0.4 is 14.4 Å². The summed E-state index contributed by atoms with van der Waals surface area (Å²) in [6, 6.07) is 21.6. The van der Waals surface area contributed by atoms with Crippen LogP contribution in [0, 0.1) is 0 Å². The van der Waals surface area contributed by atoms with Crippen molar-refractivity contribution in [1.29, 1.82) is 0 Å². The number of halogens is 3. The van der Waals surface area contributed by atoms with Gasteiger partial charge in [-0.2, -0.15) is 13.2 Å². The molecule has 232 valence electrons. The summed E-state index contributed by atoms with van der Waals surface area (Å²) < 4.78 is 55.7. The first-order valence-electron chi connectivity index (χ1n) is 14.4. The number of carbonyl (C=O) groups is 3. The van der Waals surface area contributed by atoms with Crippen LogP contribution in [0.15, 0.2) is 91.5 Å². The summed E-state index contributed by atoms with van der Waals surface area (Å²) in [7, 11) is 0. The molecule has 5 rings (SSSR count). The molecule has 7 nitrogen and oxygen atoms in total. The lowest BCUT2D eigenvalue weighted by Crippen LogP contribution is -2.36. The molecule has 45 heavy (non-hydrogen) atoms. The van der Waals surface area contributed by atoms with E-state index in [2.05, 4.69) is 6.58 Å². The number of hydrogen-bond donors (Lipinski definition) is 0. The predicted molar refractivity (Wildman–Crippen MR) is 164 cm³/mol. The highest BCUT2D eigenvalue weighted by Gasteiger charge is 2.39. The lowest BCUT2D eigenvalue weighted by molar-refractivity contribution is -0.137. The minimum absolute atomic E-state index is 0.231. The van der Waals surface area contributed by atoms with Gasteiger partial charge in [0.15, 0.2) is 0 Å². The Bertz CT molecular complexity index is 1710. The molecule has 0 radical (unpaired) electrons. The third-order valence-electron chi connectivity index (χ3n) is 7.31. The lowest BCUT2D eigenvalue weighted by atomic mass is 9.96. The molecule has 0 aliphatic carbocycles. The molecule has 0 N–H and O–H groups in total. The molecule has 0 atom stereocenters. The molecular weight excluding hydrogens is 587 g/mol. The van der Waals surface area contributed by atoms with Crippen molar-refractivity contribution in [1.82, 2.24) is 0 Å².